The van der Waals surface area contributed by atoms with Gasteiger partial charge in [0, 0.05) is 24.4 Å². The maximum atomic E-state index is 12.8. The third-order valence-electron chi connectivity index (χ3n) is 4.59. The van der Waals surface area contributed by atoms with Gasteiger partial charge < -0.3 is 10.1 Å². The molecule has 1 N–H and O–H groups in total. The molecule has 0 radical (unpaired) electrons. The molecule has 0 aliphatic rings. The first-order valence-electron chi connectivity index (χ1n) is 9.18. The topological polar surface area (TPSA) is 99.3 Å². The Morgan fingerprint density at radius 2 is 1.93 bits per heavy atom. The van der Waals surface area contributed by atoms with E-state index in [0.717, 1.165) is 11.3 Å². The highest BCUT2D eigenvalue weighted by atomic mass is 16.6. The van der Waals surface area contributed by atoms with Crippen LogP contribution in [0.3, 0.4) is 0 Å². The van der Waals surface area contributed by atoms with Crippen LogP contribution >= 0.6 is 0 Å². The SMILES string of the molecule is CCn1nc(C)c(C(=O)Nc2cc(Oc3ccccc3C)cc([N+](=O)[O-])c2)c1C. The van der Waals surface area contributed by atoms with Crippen LogP contribution in [0.1, 0.15) is 34.2 Å². The van der Waals surface area contributed by atoms with E-state index in [1.807, 2.05) is 39.0 Å². The van der Waals surface area contributed by atoms with E-state index in [4.69, 9.17) is 4.74 Å². The maximum Gasteiger partial charge on any atom is 0.275 e. The lowest BCUT2D eigenvalue weighted by Gasteiger charge is -2.11. The van der Waals surface area contributed by atoms with Crippen LogP contribution in [0.25, 0.3) is 0 Å². The molecule has 0 saturated carbocycles. The second-order valence-corrected chi connectivity index (χ2v) is 6.66. The molecule has 0 saturated heterocycles. The Bertz CT molecular complexity index is 1090. The lowest BCUT2D eigenvalue weighted by Crippen LogP contribution is -2.14. The molecule has 0 bridgehead atoms. The number of amides is 1. The van der Waals surface area contributed by atoms with Crippen LogP contribution in [0.4, 0.5) is 11.4 Å². The predicted octanol–water partition coefficient (Wildman–Crippen LogP) is 4.78. The highest BCUT2D eigenvalue weighted by Crippen LogP contribution is 2.31. The molecule has 0 aliphatic carbocycles. The highest BCUT2D eigenvalue weighted by molar-refractivity contribution is 6.06. The first kappa shape index (κ1) is 20.1. The van der Waals surface area contributed by atoms with Gasteiger partial charge in [-0.2, -0.15) is 5.10 Å². The number of hydrogen-bond donors (Lipinski definition) is 1. The Balaban J connectivity index is 1.94. The zero-order valence-corrected chi connectivity index (χ0v) is 16.7. The number of hydrogen-bond acceptors (Lipinski definition) is 5. The van der Waals surface area contributed by atoms with Crippen LogP contribution < -0.4 is 10.1 Å². The van der Waals surface area contributed by atoms with Gasteiger partial charge in [0.2, 0.25) is 0 Å². The summed E-state index contributed by atoms with van der Waals surface area (Å²) in [6, 6.07) is 11.5. The van der Waals surface area contributed by atoms with Crippen molar-refractivity contribution in [3.05, 3.63) is 75.1 Å². The quantitative estimate of drug-likeness (QED) is 0.479. The lowest BCUT2D eigenvalue weighted by molar-refractivity contribution is -0.384. The Labute approximate surface area is 168 Å². The molecule has 0 spiro atoms. The minimum absolute atomic E-state index is 0.177. The van der Waals surface area contributed by atoms with E-state index in [1.54, 1.807) is 23.7 Å². The average molecular weight is 394 g/mol. The molecule has 3 aromatic rings. The number of non-ortho nitro benzene ring substituents is 1. The summed E-state index contributed by atoms with van der Waals surface area (Å²) in [4.78, 5) is 23.6. The number of aromatic nitrogens is 2. The number of nitrogens with one attached hydrogen (secondary N) is 1. The largest absolute Gasteiger partial charge is 0.457 e. The Morgan fingerprint density at radius 3 is 2.55 bits per heavy atom. The molecule has 3 rings (SSSR count). The van der Waals surface area contributed by atoms with Crippen molar-refractivity contribution in [1.29, 1.82) is 0 Å². The van der Waals surface area contributed by atoms with E-state index < -0.39 is 4.92 Å². The second kappa shape index (κ2) is 8.14. The van der Waals surface area contributed by atoms with Gasteiger partial charge in [-0.3, -0.25) is 19.6 Å². The highest BCUT2D eigenvalue weighted by Gasteiger charge is 2.20. The van der Waals surface area contributed by atoms with Gasteiger partial charge in [0.25, 0.3) is 11.6 Å². The van der Waals surface area contributed by atoms with Gasteiger partial charge >= 0.3 is 0 Å². The number of carbonyl (C=O) groups is 1. The van der Waals surface area contributed by atoms with Gasteiger partial charge in [-0.15, -0.1) is 0 Å². The number of aryl methyl sites for hydroxylation is 3. The average Bonchev–Trinajstić information content (AvgIpc) is 2.97. The van der Waals surface area contributed by atoms with E-state index in [1.165, 1.54) is 12.1 Å². The Hall–Kier alpha value is -3.68. The lowest BCUT2D eigenvalue weighted by atomic mass is 10.1. The van der Waals surface area contributed by atoms with Gasteiger partial charge in [-0.1, -0.05) is 18.2 Å². The van der Waals surface area contributed by atoms with Gasteiger partial charge in [-0.25, -0.2) is 0 Å². The smallest absolute Gasteiger partial charge is 0.275 e. The summed E-state index contributed by atoms with van der Waals surface area (Å²) in [6.07, 6.45) is 0. The van der Waals surface area contributed by atoms with Crippen molar-refractivity contribution in [2.75, 3.05) is 5.32 Å². The standard InChI is InChI=1S/C21H22N4O4/c1-5-24-15(4)20(14(3)23-24)21(26)22-16-10-17(25(27)28)12-18(11-16)29-19-9-7-6-8-13(19)2/h6-12H,5H2,1-4H3,(H,22,26). The van der Waals surface area contributed by atoms with E-state index in [9.17, 15) is 14.9 Å². The molecule has 29 heavy (non-hydrogen) atoms. The number of ether oxygens (including phenoxy) is 1. The first-order chi connectivity index (χ1) is 13.8. The molecule has 0 unspecified atom stereocenters. The van der Waals surface area contributed by atoms with Crippen molar-refractivity contribution >= 4 is 17.3 Å². The Kier molecular flexibility index (Phi) is 5.63. The maximum absolute atomic E-state index is 12.8. The molecule has 1 amide bonds. The summed E-state index contributed by atoms with van der Waals surface area (Å²) >= 11 is 0. The predicted molar refractivity (Wildman–Crippen MR) is 110 cm³/mol. The van der Waals surface area contributed by atoms with Crippen molar-refractivity contribution < 1.29 is 14.5 Å². The van der Waals surface area contributed by atoms with Crippen molar-refractivity contribution in [1.82, 2.24) is 9.78 Å². The third kappa shape index (κ3) is 4.26. The van der Waals surface area contributed by atoms with Crippen LogP contribution in [0.15, 0.2) is 42.5 Å². The van der Waals surface area contributed by atoms with E-state index in [2.05, 4.69) is 10.4 Å². The number of rotatable bonds is 6. The minimum Gasteiger partial charge on any atom is -0.457 e. The Morgan fingerprint density at radius 1 is 1.21 bits per heavy atom. The molecule has 0 fully saturated rings. The molecule has 150 valence electrons. The zero-order chi connectivity index (χ0) is 21.1. The van der Waals surface area contributed by atoms with Crippen LogP contribution in [0.2, 0.25) is 0 Å². The van der Waals surface area contributed by atoms with Crippen LogP contribution in [-0.4, -0.2) is 20.6 Å². The first-order valence-corrected chi connectivity index (χ1v) is 9.18. The number of anilines is 1. The molecule has 2 aromatic carbocycles. The van der Waals surface area contributed by atoms with E-state index in [-0.39, 0.29) is 23.0 Å². The molecular formula is C21H22N4O4. The molecule has 8 heteroatoms. The second-order valence-electron chi connectivity index (χ2n) is 6.66. The number of carbonyl (C=O) groups excluding carboxylic acids is 1. The number of nitrogens with zero attached hydrogens (tertiary/aromatic N) is 3. The summed E-state index contributed by atoms with van der Waals surface area (Å²) < 4.78 is 7.57. The van der Waals surface area contributed by atoms with Gasteiger partial charge in [-0.05, 0) is 39.3 Å². The summed E-state index contributed by atoms with van der Waals surface area (Å²) in [7, 11) is 0. The summed E-state index contributed by atoms with van der Waals surface area (Å²) in [5, 5.41) is 18.4. The molecule has 1 heterocycles. The van der Waals surface area contributed by atoms with Crippen molar-refractivity contribution in [2.24, 2.45) is 0 Å². The van der Waals surface area contributed by atoms with Crippen LogP contribution in [0.5, 0.6) is 11.5 Å². The summed E-state index contributed by atoms with van der Waals surface area (Å²) in [6.45, 7) is 8.04. The molecule has 0 atom stereocenters. The monoisotopic (exact) mass is 394 g/mol. The van der Waals surface area contributed by atoms with Gasteiger partial charge in [0.1, 0.15) is 11.5 Å². The van der Waals surface area contributed by atoms with E-state index in [0.29, 0.717) is 23.6 Å². The molecule has 8 nitrogen and oxygen atoms in total. The fourth-order valence-corrected chi connectivity index (χ4v) is 3.14. The fraction of sp³-hybridized carbons (Fsp3) is 0.238. The number of nitro benzene ring substituents is 1. The van der Waals surface area contributed by atoms with Crippen LogP contribution in [-0.2, 0) is 6.54 Å². The summed E-state index contributed by atoms with van der Waals surface area (Å²) in [5.74, 6) is 0.477. The molecule has 0 aliphatic heterocycles. The number of benzene rings is 2. The van der Waals surface area contributed by atoms with Gasteiger partial charge in [0.05, 0.1) is 27.9 Å². The van der Waals surface area contributed by atoms with Crippen molar-refractivity contribution in [3.8, 4) is 11.5 Å². The van der Waals surface area contributed by atoms with E-state index >= 15 is 0 Å². The third-order valence-corrected chi connectivity index (χ3v) is 4.59. The molecular weight excluding hydrogens is 372 g/mol. The van der Waals surface area contributed by atoms with Crippen molar-refractivity contribution in [3.63, 3.8) is 0 Å². The van der Waals surface area contributed by atoms with Gasteiger partial charge in [0.15, 0.2) is 0 Å². The summed E-state index contributed by atoms with van der Waals surface area (Å²) in [5.41, 5.74) is 2.79. The van der Waals surface area contributed by atoms with Crippen molar-refractivity contribution in [2.45, 2.75) is 34.2 Å². The fourth-order valence-electron chi connectivity index (χ4n) is 3.14. The normalized spacial score (nSPS) is 10.6. The zero-order valence-electron chi connectivity index (χ0n) is 16.7. The van der Waals surface area contributed by atoms with Crippen LogP contribution in [0, 0.1) is 30.9 Å². The number of nitro groups is 1. The minimum atomic E-state index is -0.522. The molecule has 1 aromatic heterocycles. The number of para-hydroxylation sites is 1.